The molecule has 0 saturated carbocycles. The van der Waals surface area contributed by atoms with Crippen molar-refractivity contribution < 1.29 is 5.32 Å². The zero-order chi connectivity index (χ0) is 37.9. The molecule has 9 aromatic rings. The third-order valence-electron chi connectivity index (χ3n) is 12.1. The van der Waals surface area contributed by atoms with Gasteiger partial charge in [0.25, 0.3) is 0 Å². The summed E-state index contributed by atoms with van der Waals surface area (Å²) >= 11 is 1.79. The summed E-state index contributed by atoms with van der Waals surface area (Å²) in [7, 11) is 0. The third kappa shape index (κ3) is 5.94. The predicted molar refractivity (Wildman–Crippen MR) is 238 cm³/mol. The highest BCUT2D eigenvalue weighted by Crippen LogP contribution is 2.44. The number of quaternary nitrogens is 1. The number of benzene rings is 8. The lowest BCUT2D eigenvalue weighted by atomic mass is 9.87. The maximum Gasteiger partial charge on any atom is 0.168 e. The van der Waals surface area contributed by atoms with Crippen molar-refractivity contribution in [1.82, 2.24) is 10.6 Å². The molecule has 0 radical (unpaired) electrons. The number of rotatable bonds is 5. The van der Waals surface area contributed by atoms with Crippen LogP contribution in [0.3, 0.4) is 0 Å². The van der Waals surface area contributed by atoms with E-state index in [0.29, 0.717) is 11.5 Å². The van der Waals surface area contributed by atoms with Gasteiger partial charge in [0, 0.05) is 31.7 Å². The van der Waals surface area contributed by atoms with Crippen molar-refractivity contribution in [3.8, 4) is 28.3 Å². The van der Waals surface area contributed by atoms with Crippen molar-refractivity contribution in [2.45, 2.75) is 24.9 Å². The first kappa shape index (κ1) is 33.9. The maximum absolute atomic E-state index is 9.78. The highest BCUT2D eigenvalue weighted by Gasteiger charge is 2.36. The zero-order valence-corrected chi connectivity index (χ0v) is 32.0. The molecule has 4 atom stereocenters. The van der Waals surface area contributed by atoms with Crippen LogP contribution in [0, 0.1) is 17.2 Å². The van der Waals surface area contributed by atoms with Crippen LogP contribution in [0.1, 0.15) is 35.4 Å². The van der Waals surface area contributed by atoms with Gasteiger partial charge in [0.2, 0.25) is 0 Å². The first-order chi connectivity index (χ1) is 28.2. The third-order valence-corrected chi connectivity index (χ3v) is 13.2. The van der Waals surface area contributed by atoms with Gasteiger partial charge < -0.3 is 5.32 Å². The van der Waals surface area contributed by atoms with Gasteiger partial charge in [0.1, 0.15) is 6.17 Å². The normalized spacial score (nSPS) is 19.5. The highest BCUT2D eigenvalue weighted by molar-refractivity contribution is 7.25. The second kappa shape index (κ2) is 14.0. The van der Waals surface area contributed by atoms with Crippen LogP contribution < -0.4 is 16.0 Å². The molecule has 4 nitrogen and oxygen atoms in total. The van der Waals surface area contributed by atoms with E-state index in [2.05, 4.69) is 186 Å². The van der Waals surface area contributed by atoms with Crippen LogP contribution >= 0.6 is 11.3 Å². The van der Waals surface area contributed by atoms with Crippen LogP contribution in [-0.2, 0) is 0 Å². The van der Waals surface area contributed by atoms with Crippen LogP contribution in [-0.4, -0.2) is 6.17 Å². The number of nitrogens with zero attached hydrogens (tertiary/aromatic N) is 1. The molecule has 4 N–H and O–H groups in total. The van der Waals surface area contributed by atoms with Crippen LogP contribution in [0.2, 0.25) is 0 Å². The minimum absolute atomic E-state index is 0.0423. The van der Waals surface area contributed by atoms with E-state index in [4.69, 9.17) is 0 Å². The fourth-order valence-corrected chi connectivity index (χ4v) is 10.3. The molecule has 1 saturated heterocycles. The SMILES string of the molecule is N#Cc1ccc2sc3ccc(-c4cc(C5NC(c6ccc(-c7ccccc7)cc6)[NH2+]C(C6C=CC=CC6)N5)cc5c6ccccc6c6ccccc6c45)cc3c2c1. The zero-order valence-electron chi connectivity index (χ0n) is 31.2. The number of nitrogens with two attached hydrogens (primary N) is 1. The molecular formula is C52H39N4S+. The average Bonchev–Trinajstić information content (AvgIpc) is 3.66. The van der Waals surface area contributed by atoms with Gasteiger partial charge >= 0.3 is 0 Å². The van der Waals surface area contributed by atoms with Gasteiger partial charge in [-0.25, -0.2) is 10.6 Å². The molecule has 11 rings (SSSR count). The Morgan fingerprint density at radius 2 is 1.23 bits per heavy atom. The van der Waals surface area contributed by atoms with E-state index < -0.39 is 0 Å². The quantitative estimate of drug-likeness (QED) is 0.153. The Balaban J connectivity index is 1.11. The molecular weight excluding hydrogens is 713 g/mol. The molecule has 2 heterocycles. The standard InChI is InChI=1S/C52H38N4S/c53-31-32-19-25-47-44(27-32)45-28-37(24-26-48(45)57-47)43-29-38(30-46-41-17-8-7-15-39(41)40-16-9-10-18-42(40)49(43)46)52-55-50(35-13-5-2-6-14-35)54-51(56-52)36-22-20-34(21-23-36)33-11-3-1-4-12-33/h1-13,15-30,35,50-52,54-56H,14H2/p+1. The minimum atomic E-state index is -0.115. The highest BCUT2D eigenvalue weighted by atomic mass is 32.1. The largest absolute Gasteiger partial charge is 0.312 e. The molecule has 1 aliphatic carbocycles. The van der Waals surface area contributed by atoms with Gasteiger partial charge in [-0.1, -0.05) is 133 Å². The number of nitriles is 1. The molecule has 8 aromatic carbocycles. The predicted octanol–water partition coefficient (Wildman–Crippen LogP) is 11.6. The van der Waals surface area contributed by atoms with Crippen molar-refractivity contribution in [3.63, 3.8) is 0 Å². The first-order valence-corrected chi connectivity index (χ1v) is 20.6. The molecule has 4 unspecified atom stereocenters. The number of allylic oxidation sites excluding steroid dienone is 3. The number of hydrogen-bond donors (Lipinski definition) is 3. The Hall–Kier alpha value is -6.39. The van der Waals surface area contributed by atoms with E-state index >= 15 is 0 Å². The van der Waals surface area contributed by atoms with Crippen molar-refractivity contribution >= 4 is 63.8 Å². The smallest absolute Gasteiger partial charge is 0.168 e. The molecule has 2 aliphatic rings. The minimum Gasteiger partial charge on any atom is -0.312 e. The number of thiophene rings is 1. The van der Waals surface area contributed by atoms with Crippen LogP contribution in [0.5, 0.6) is 0 Å². The van der Waals surface area contributed by atoms with Crippen LogP contribution in [0.25, 0.3) is 74.7 Å². The molecule has 0 amide bonds. The van der Waals surface area contributed by atoms with Gasteiger partial charge in [-0.15, -0.1) is 11.3 Å². The summed E-state index contributed by atoms with van der Waals surface area (Å²) in [5.74, 6) is 0.350. The van der Waals surface area contributed by atoms with E-state index in [0.717, 1.165) is 11.8 Å². The Morgan fingerprint density at radius 3 is 1.98 bits per heavy atom. The lowest BCUT2D eigenvalue weighted by molar-refractivity contribution is -0.753. The molecule has 1 aliphatic heterocycles. The molecule has 5 heteroatoms. The van der Waals surface area contributed by atoms with E-state index in [1.54, 1.807) is 11.3 Å². The van der Waals surface area contributed by atoms with Crippen molar-refractivity contribution in [2.24, 2.45) is 5.92 Å². The van der Waals surface area contributed by atoms with Crippen molar-refractivity contribution in [1.29, 1.82) is 5.26 Å². The average molecular weight is 752 g/mol. The molecule has 1 fully saturated rings. The van der Waals surface area contributed by atoms with E-state index in [9.17, 15) is 5.26 Å². The van der Waals surface area contributed by atoms with E-state index in [1.165, 1.54) is 80.5 Å². The molecule has 0 bridgehead atoms. The van der Waals surface area contributed by atoms with Gasteiger partial charge in [-0.05, 0) is 109 Å². The monoisotopic (exact) mass is 751 g/mol. The Bertz CT molecular complexity index is 3120. The topological polar surface area (TPSA) is 64.5 Å². The summed E-state index contributed by atoms with van der Waals surface area (Å²) in [5.41, 5.74) is 7.98. The summed E-state index contributed by atoms with van der Waals surface area (Å²) in [4.78, 5) is 0. The van der Waals surface area contributed by atoms with Crippen LogP contribution in [0.4, 0.5) is 0 Å². The Labute approximate surface area is 335 Å². The molecule has 1 aromatic heterocycles. The Morgan fingerprint density at radius 1 is 0.561 bits per heavy atom. The molecule has 0 spiro atoms. The lowest BCUT2D eigenvalue weighted by Gasteiger charge is -2.39. The van der Waals surface area contributed by atoms with Gasteiger partial charge in [-0.2, -0.15) is 5.26 Å². The number of fused-ring (bicyclic) bond motifs is 9. The van der Waals surface area contributed by atoms with Crippen molar-refractivity contribution in [2.75, 3.05) is 0 Å². The number of nitrogens with one attached hydrogen (secondary N) is 2. The summed E-state index contributed by atoms with van der Waals surface area (Å²) in [5, 5.41) is 30.3. The molecule has 272 valence electrons. The van der Waals surface area contributed by atoms with Crippen LogP contribution in [0.15, 0.2) is 176 Å². The fourth-order valence-electron chi connectivity index (χ4n) is 9.25. The molecule has 57 heavy (non-hydrogen) atoms. The lowest BCUT2D eigenvalue weighted by Crippen LogP contribution is -3.00. The van der Waals surface area contributed by atoms with Gasteiger partial charge in [0.05, 0.1) is 17.8 Å². The van der Waals surface area contributed by atoms with Gasteiger partial charge in [0.15, 0.2) is 6.17 Å². The van der Waals surface area contributed by atoms with Crippen molar-refractivity contribution in [3.05, 3.63) is 193 Å². The second-order valence-electron chi connectivity index (χ2n) is 15.4. The second-order valence-corrected chi connectivity index (χ2v) is 16.5. The van der Waals surface area contributed by atoms with E-state index in [1.807, 2.05) is 12.1 Å². The summed E-state index contributed by atoms with van der Waals surface area (Å²) < 4.78 is 2.42. The summed E-state index contributed by atoms with van der Waals surface area (Å²) in [6.07, 6.45) is 10.1. The summed E-state index contributed by atoms with van der Waals surface area (Å²) in [6, 6.07) is 57.6. The first-order valence-electron chi connectivity index (χ1n) is 19.8. The van der Waals surface area contributed by atoms with E-state index in [-0.39, 0.29) is 18.5 Å². The summed E-state index contributed by atoms with van der Waals surface area (Å²) in [6.45, 7) is 0. The Kier molecular flexibility index (Phi) is 8.31. The maximum atomic E-state index is 9.78. The van der Waals surface area contributed by atoms with Gasteiger partial charge in [-0.3, -0.25) is 0 Å². The fraction of sp³-hybridized carbons (Fsp3) is 0.0962. The number of hydrogen-bond acceptors (Lipinski definition) is 4.